The van der Waals surface area contributed by atoms with E-state index in [1.807, 2.05) is 11.6 Å². The second-order valence-electron chi connectivity index (χ2n) is 11.8. The van der Waals surface area contributed by atoms with Gasteiger partial charge in [-0.3, -0.25) is 9.59 Å². The van der Waals surface area contributed by atoms with Crippen molar-refractivity contribution >= 4 is 22.7 Å². The number of amides is 1. The number of ketones is 1. The fourth-order valence-electron chi connectivity index (χ4n) is 6.74. The van der Waals surface area contributed by atoms with Gasteiger partial charge >= 0.3 is 0 Å². The highest BCUT2D eigenvalue weighted by Gasteiger charge is 2.41. The number of fused-ring (bicyclic) bond motifs is 1. The molecule has 1 saturated carbocycles. The summed E-state index contributed by atoms with van der Waals surface area (Å²) in [6.45, 7) is 5.13. The number of methoxy groups -OCH3 is 1. The molecule has 1 aliphatic heterocycles. The molecule has 1 atom stereocenters. The van der Waals surface area contributed by atoms with E-state index in [-0.39, 0.29) is 29.6 Å². The molecule has 3 aromatic rings. The summed E-state index contributed by atoms with van der Waals surface area (Å²) in [6.07, 6.45) is 11.3. The number of rotatable bonds is 6. The van der Waals surface area contributed by atoms with Crippen LogP contribution in [0.2, 0.25) is 0 Å². The Bertz CT molecular complexity index is 1440. The minimum Gasteiger partial charge on any atom is -0.496 e. The third kappa shape index (κ3) is 5.17. The van der Waals surface area contributed by atoms with E-state index in [9.17, 15) is 14.9 Å². The molecule has 0 spiro atoms. The maximum Gasteiger partial charge on any atom is 0.226 e. The van der Waals surface area contributed by atoms with Crippen LogP contribution >= 0.6 is 0 Å². The van der Waals surface area contributed by atoms with Gasteiger partial charge in [0.25, 0.3) is 0 Å². The van der Waals surface area contributed by atoms with Crippen LogP contribution in [-0.2, 0) is 18.3 Å². The lowest BCUT2D eigenvalue weighted by Gasteiger charge is -2.47. The summed E-state index contributed by atoms with van der Waals surface area (Å²) < 4.78 is 7.98. The van der Waals surface area contributed by atoms with Crippen molar-refractivity contribution in [3.8, 4) is 11.8 Å². The SMILES string of the molecule is COc1c(CC(=O)c2cccc(C#N)c2)cnc2c1c([C@@H]1CCN(C(=O)C3CCCCC3)C(C)(C)C1)cn2C. The van der Waals surface area contributed by atoms with Crippen LogP contribution in [0.25, 0.3) is 11.0 Å². The minimum atomic E-state index is -0.250. The lowest BCUT2D eigenvalue weighted by Crippen LogP contribution is -2.54. The first-order valence-electron chi connectivity index (χ1n) is 14.1. The molecule has 39 heavy (non-hydrogen) atoms. The molecule has 1 aromatic carbocycles. The molecular weight excluding hydrogens is 488 g/mol. The highest BCUT2D eigenvalue weighted by molar-refractivity contribution is 5.99. The second kappa shape index (κ2) is 10.8. The fraction of sp³-hybridized carbons (Fsp3) is 0.500. The zero-order valence-electron chi connectivity index (χ0n) is 23.5. The molecule has 1 saturated heterocycles. The topological polar surface area (TPSA) is 88.2 Å². The first-order chi connectivity index (χ1) is 18.7. The molecule has 0 N–H and O–H groups in total. The van der Waals surface area contributed by atoms with E-state index in [0.29, 0.717) is 22.8 Å². The number of hydrogen-bond acceptors (Lipinski definition) is 5. The highest BCUT2D eigenvalue weighted by atomic mass is 16.5. The first-order valence-corrected chi connectivity index (χ1v) is 14.1. The average Bonchev–Trinajstić information content (AvgIpc) is 3.28. The predicted octanol–water partition coefficient (Wildman–Crippen LogP) is 5.94. The minimum absolute atomic E-state index is 0.0836. The summed E-state index contributed by atoms with van der Waals surface area (Å²) in [7, 11) is 3.63. The Morgan fingerprint density at radius 2 is 1.95 bits per heavy atom. The van der Waals surface area contributed by atoms with E-state index >= 15 is 0 Å². The van der Waals surface area contributed by atoms with Gasteiger partial charge in [0.05, 0.1) is 24.1 Å². The number of piperidine rings is 1. The summed E-state index contributed by atoms with van der Waals surface area (Å²) in [5, 5.41) is 10.2. The number of carbonyl (C=O) groups is 2. The molecule has 1 aliphatic carbocycles. The zero-order chi connectivity index (χ0) is 27.7. The van der Waals surface area contributed by atoms with Gasteiger partial charge in [-0.25, -0.2) is 4.98 Å². The van der Waals surface area contributed by atoms with Crippen LogP contribution in [0, 0.1) is 17.2 Å². The molecule has 5 rings (SSSR count). The normalized spacial score (nSPS) is 19.6. The van der Waals surface area contributed by atoms with Crippen molar-refractivity contribution in [2.45, 2.75) is 76.7 Å². The molecule has 0 radical (unpaired) electrons. The van der Waals surface area contributed by atoms with Gasteiger partial charge in [0.2, 0.25) is 5.91 Å². The van der Waals surface area contributed by atoms with Crippen LogP contribution in [0.3, 0.4) is 0 Å². The highest BCUT2D eigenvalue weighted by Crippen LogP contribution is 2.44. The van der Waals surface area contributed by atoms with E-state index in [1.165, 1.54) is 6.42 Å². The van der Waals surface area contributed by atoms with Gasteiger partial charge in [0, 0.05) is 55.0 Å². The Kier molecular flexibility index (Phi) is 7.48. The number of hydrogen-bond donors (Lipinski definition) is 0. The second-order valence-corrected chi connectivity index (χ2v) is 11.8. The van der Waals surface area contributed by atoms with Crippen molar-refractivity contribution in [3.05, 3.63) is 58.9 Å². The predicted molar refractivity (Wildman–Crippen MR) is 151 cm³/mol. The van der Waals surface area contributed by atoms with Crippen LogP contribution in [0.15, 0.2) is 36.7 Å². The molecule has 7 nitrogen and oxygen atoms in total. The first kappa shape index (κ1) is 26.9. The van der Waals surface area contributed by atoms with E-state index in [2.05, 4.69) is 31.0 Å². The molecule has 2 aliphatic rings. The Hall–Kier alpha value is -3.66. The maximum absolute atomic E-state index is 13.5. The van der Waals surface area contributed by atoms with E-state index in [4.69, 9.17) is 9.72 Å². The van der Waals surface area contributed by atoms with Crippen molar-refractivity contribution in [3.63, 3.8) is 0 Å². The van der Waals surface area contributed by atoms with Crippen molar-refractivity contribution in [1.82, 2.24) is 14.5 Å². The van der Waals surface area contributed by atoms with E-state index in [0.717, 1.165) is 67.2 Å². The molecule has 3 heterocycles. The number of likely N-dealkylation sites (tertiary alicyclic amines) is 1. The molecule has 7 heteroatoms. The summed E-state index contributed by atoms with van der Waals surface area (Å²) in [4.78, 5) is 33.5. The van der Waals surface area contributed by atoms with Gasteiger partial charge in [-0.15, -0.1) is 0 Å². The third-order valence-corrected chi connectivity index (χ3v) is 8.75. The van der Waals surface area contributed by atoms with Gasteiger partial charge < -0.3 is 14.2 Å². The molecule has 1 amide bonds. The Morgan fingerprint density at radius 3 is 2.64 bits per heavy atom. The van der Waals surface area contributed by atoms with Gasteiger partial charge in [0.15, 0.2) is 5.78 Å². The standard InChI is InChI=1S/C32H38N4O3/c1-32(2)17-24(13-14-36(32)31(38)22-10-6-5-7-11-22)26-20-35(3)30-28(26)29(39-4)25(19-34-30)16-27(37)23-12-8-9-21(15-23)18-33/h8-9,12,15,19-20,22,24H,5-7,10-11,13-14,16-17H2,1-4H3/t24-/m1/s1. The molecule has 204 valence electrons. The van der Waals surface area contributed by atoms with Gasteiger partial charge in [-0.2, -0.15) is 5.26 Å². The molecule has 2 aromatic heterocycles. The maximum atomic E-state index is 13.5. The summed E-state index contributed by atoms with van der Waals surface area (Å²) in [5.41, 5.74) is 3.43. The van der Waals surface area contributed by atoms with Crippen LogP contribution in [0.1, 0.15) is 91.8 Å². The Labute approximate surface area is 230 Å². The molecule has 2 fully saturated rings. The van der Waals surface area contributed by atoms with Crippen LogP contribution in [-0.4, -0.2) is 45.3 Å². The van der Waals surface area contributed by atoms with Gasteiger partial charge in [-0.1, -0.05) is 31.4 Å². The number of ether oxygens (including phenoxy) is 1. The lowest BCUT2D eigenvalue weighted by atomic mass is 9.77. The monoisotopic (exact) mass is 526 g/mol. The average molecular weight is 527 g/mol. The summed E-state index contributed by atoms with van der Waals surface area (Å²) >= 11 is 0. The summed E-state index contributed by atoms with van der Waals surface area (Å²) in [6, 6.07) is 8.88. The van der Waals surface area contributed by atoms with Crippen molar-refractivity contribution in [1.29, 1.82) is 5.26 Å². The zero-order valence-corrected chi connectivity index (χ0v) is 23.5. The van der Waals surface area contributed by atoms with Crippen molar-refractivity contribution < 1.29 is 14.3 Å². The number of carbonyl (C=O) groups excluding carboxylic acids is 2. The van der Waals surface area contributed by atoms with Crippen molar-refractivity contribution in [2.75, 3.05) is 13.7 Å². The van der Waals surface area contributed by atoms with Crippen molar-refractivity contribution in [2.24, 2.45) is 13.0 Å². The van der Waals surface area contributed by atoms with Crippen LogP contribution in [0.4, 0.5) is 0 Å². The molecule has 0 bridgehead atoms. The number of nitrogens with zero attached hydrogens (tertiary/aromatic N) is 4. The Morgan fingerprint density at radius 1 is 1.18 bits per heavy atom. The van der Waals surface area contributed by atoms with Crippen LogP contribution < -0.4 is 4.74 Å². The number of Topliss-reactive ketones (excluding diaryl/α,β-unsaturated/α-hetero) is 1. The number of benzene rings is 1. The number of aromatic nitrogens is 2. The summed E-state index contributed by atoms with van der Waals surface area (Å²) in [5.74, 6) is 1.34. The lowest BCUT2D eigenvalue weighted by molar-refractivity contribution is -0.144. The van der Waals surface area contributed by atoms with Gasteiger partial charge in [-0.05, 0) is 63.1 Å². The van der Waals surface area contributed by atoms with E-state index in [1.54, 1.807) is 37.6 Å². The van der Waals surface area contributed by atoms with Crippen LogP contribution in [0.5, 0.6) is 5.75 Å². The Balaban J connectivity index is 1.44. The number of nitriles is 1. The largest absolute Gasteiger partial charge is 0.496 e. The molecule has 0 unspecified atom stereocenters. The third-order valence-electron chi connectivity index (χ3n) is 8.75. The molecular formula is C32H38N4O3. The smallest absolute Gasteiger partial charge is 0.226 e. The van der Waals surface area contributed by atoms with E-state index < -0.39 is 0 Å². The number of aryl methyl sites for hydroxylation is 1. The quantitative estimate of drug-likeness (QED) is 0.371. The fourth-order valence-corrected chi connectivity index (χ4v) is 6.74. The van der Waals surface area contributed by atoms with Gasteiger partial charge in [0.1, 0.15) is 11.4 Å². The number of pyridine rings is 1.